The summed E-state index contributed by atoms with van der Waals surface area (Å²) in [5.74, 6) is -0.0713. The number of amides is 4. The Kier molecular flexibility index (Phi) is 5.91. The van der Waals surface area contributed by atoms with E-state index in [4.69, 9.17) is 0 Å². The summed E-state index contributed by atoms with van der Waals surface area (Å²) >= 11 is 0. The Morgan fingerprint density at radius 1 is 1.07 bits per heavy atom. The maximum absolute atomic E-state index is 13.4. The van der Waals surface area contributed by atoms with Gasteiger partial charge in [0.2, 0.25) is 11.8 Å². The second kappa shape index (κ2) is 8.20. The van der Waals surface area contributed by atoms with Crippen LogP contribution in [0.2, 0.25) is 0 Å². The molecule has 28 heavy (non-hydrogen) atoms. The fraction of sp³-hybridized carbons (Fsp3) is 0.571. The number of hydrogen-bond acceptors (Lipinski definition) is 3. The van der Waals surface area contributed by atoms with Crippen LogP contribution in [0.25, 0.3) is 0 Å². The first-order chi connectivity index (χ1) is 13.3. The lowest BCUT2D eigenvalue weighted by Gasteiger charge is -2.35. The molecule has 2 saturated heterocycles. The van der Waals surface area contributed by atoms with E-state index in [-0.39, 0.29) is 29.9 Å². The molecule has 0 spiro atoms. The third kappa shape index (κ3) is 3.98. The standard InChI is InChI=1S/C21H30N4O3/c1-15(2)22-20(28)24-12-9-18-21(10-13-24,11-14-25(18)16(3)26)19(27)23-17-7-5-4-6-8-17/h4-8,15,18H,9-14H2,1-3H3,(H,22,28)(H,23,27)/t18-,21+/m1/s1. The van der Waals surface area contributed by atoms with Crippen LogP contribution >= 0.6 is 0 Å². The van der Waals surface area contributed by atoms with E-state index in [9.17, 15) is 14.4 Å². The number of carbonyl (C=O) groups is 3. The van der Waals surface area contributed by atoms with E-state index in [1.807, 2.05) is 49.1 Å². The highest BCUT2D eigenvalue weighted by Gasteiger charge is 2.54. The number of rotatable bonds is 3. The zero-order valence-electron chi connectivity index (χ0n) is 16.9. The molecule has 1 aromatic rings. The van der Waals surface area contributed by atoms with Crippen LogP contribution in [0.5, 0.6) is 0 Å². The molecule has 0 radical (unpaired) electrons. The smallest absolute Gasteiger partial charge is 0.317 e. The predicted molar refractivity (Wildman–Crippen MR) is 108 cm³/mol. The van der Waals surface area contributed by atoms with E-state index in [0.29, 0.717) is 38.9 Å². The van der Waals surface area contributed by atoms with E-state index >= 15 is 0 Å². The molecule has 0 aliphatic carbocycles. The van der Waals surface area contributed by atoms with Crippen molar-refractivity contribution in [3.8, 4) is 0 Å². The molecule has 0 unspecified atom stereocenters. The van der Waals surface area contributed by atoms with Gasteiger partial charge in [-0.2, -0.15) is 0 Å². The van der Waals surface area contributed by atoms with E-state index < -0.39 is 5.41 Å². The average Bonchev–Trinajstić information content (AvgIpc) is 2.91. The van der Waals surface area contributed by atoms with E-state index in [2.05, 4.69) is 10.6 Å². The third-order valence-electron chi connectivity index (χ3n) is 5.90. The highest BCUT2D eigenvalue weighted by Crippen LogP contribution is 2.44. The summed E-state index contributed by atoms with van der Waals surface area (Å²) in [6.07, 6.45) is 1.77. The summed E-state index contributed by atoms with van der Waals surface area (Å²) in [5, 5.41) is 5.97. The molecule has 4 amide bonds. The molecule has 2 fully saturated rings. The van der Waals surface area contributed by atoms with Gasteiger partial charge in [-0.3, -0.25) is 9.59 Å². The molecule has 7 heteroatoms. The molecule has 0 aromatic heterocycles. The Bertz CT molecular complexity index is 736. The molecule has 7 nitrogen and oxygen atoms in total. The quantitative estimate of drug-likeness (QED) is 0.837. The largest absolute Gasteiger partial charge is 0.339 e. The maximum atomic E-state index is 13.4. The summed E-state index contributed by atoms with van der Waals surface area (Å²) in [5.41, 5.74) is 0.0783. The summed E-state index contributed by atoms with van der Waals surface area (Å²) < 4.78 is 0. The number of para-hydroxylation sites is 1. The number of nitrogens with one attached hydrogen (secondary N) is 2. The average molecular weight is 386 g/mol. The molecular formula is C21H30N4O3. The Hall–Kier alpha value is -2.57. The minimum Gasteiger partial charge on any atom is -0.339 e. The van der Waals surface area contributed by atoms with Crippen molar-refractivity contribution in [2.45, 2.75) is 52.1 Å². The summed E-state index contributed by atoms with van der Waals surface area (Å²) in [4.78, 5) is 41.7. The van der Waals surface area contributed by atoms with Crippen LogP contribution in [0, 0.1) is 5.41 Å². The van der Waals surface area contributed by atoms with Gasteiger partial charge >= 0.3 is 6.03 Å². The monoisotopic (exact) mass is 386 g/mol. The van der Waals surface area contributed by atoms with Crippen molar-refractivity contribution in [3.05, 3.63) is 30.3 Å². The Morgan fingerprint density at radius 2 is 1.75 bits per heavy atom. The Balaban J connectivity index is 1.84. The van der Waals surface area contributed by atoms with Crippen LogP contribution in [0.1, 0.15) is 40.0 Å². The third-order valence-corrected chi connectivity index (χ3v) is 5.90. The number of hydrogen-bond donors (Lipinski definition) is 2. The Labute approximate surface area is 166 Å². The molecular weight excluding hydrogens is 356 g/mol. The van der Waals surface area contributed by atoms with Gasteiger partial charge < -0.3 is 20.4 Å². The lowest BCUT2D eigenvalue weighted by atomic mass is 9.75. The first-order valence-corrected chi connectivity index (χ1v) is 10.0. The normalized spacial score (nSPS) is 24.5. The molecule has 0 bridgehead atoms. The number of anilines is 1. The number of benzene rings is 1. The van der Waals surface area contributed by atoms with E-state index in [1.165, 1.54) is 0 Å². The first kappa shape index (κ1) is 20.2. The van der Waals surface area contributed by atoms with E-state index in [0.717, 1.165) is 5.69 Å². The molecule has 3 rings (SSSR count). The minimum absolute atomic E-state index is 0.0144. The fourth-order valence-electron chi connectivity index (χ4n) is 4.46. The molecule has 2 atom stereocenters. The van der Waals surface area contributed by atoms with Crippen LogP contribution < -0.4 is 10.6 Å². The summed E-state index contributed by atoms with van der Waals surface area (Å²) in [7, 11) is 0. The number of urea groups is 1. The fourth-order valence-corrected chi connectivity index (χ4v) is 4.46. The SMILES string of the molecule is CC(=O)N1CC[C@@]2(C(=O)Nc3ccccc3)CCN(C(=O)NC(C)C)CC[C@@H]12. The number of fused-ring (bicyclic) bond motifs is 1. The summed E-state index contributed by atoms with van der Waals surface area (Å²) in [6, 6.07) is 9.15. The van der Waals surface area contributed by atoms with Crippen LogP contribution in [0.3, 0.4) is 0 Å². The zero-order chi connectivity index (χ0) is 20.3. The predicted octanol–water partition coefficient (Wildman–Crippen LogP) is 2.45. The van der Waals surface area contributed by atoms with Gasteiger partial charge in [-0.25, -0.2) is 4.79 Å². The molecule has 2 aliphatic heterocycles. The van der Waals surface area contributed by atoms with Crippen molar-refractivity contribution in [3.63, 3.8) is 0 Å². The topological polar surface area (TPSA) is 81.8 Å². The Morgan fingerprint density at radius 3 is 2.39 bits per heavy atom. The van der Waals surface area contributed by atoms with Crippen molar-refractivity contribution < 1.29 is 14.4 Å². The van der Waals surface area contributed by atoms with E-state index in [1.54, 1.807) is 11.8 Å². The second-order valence-corrected chi connectivity index (χ2v) is 8.08. The number of likely N-dealkylation sites (tertiary alicyclic amines) is 2. The van der Waals surface area contributed by atoms with Gasteiger partial charge in [-0.1, -0.05) is 18.2 Å². The molecule has 152 valence electrons. The number of nitrogens with zero attached hydrogens (tertiary/aromatic N) is 2. The van der Waals surface area contributed by atoms with Crippen molar-refractivity contribution >= 4 is 23.5 Å². The minimum atomic E-state index is -0.672. The highest BCUT2D eigenvalue weighted by molar-refractivity contribution is 5.97. The first-order valence-electron chi connectivity index (χ1n) is 10.0. The van der Waals surface area contributed by atoms with Gasteiger partial charge in [-0.05, 0) is 45.2 Å². The van der Waals surface area contributed by atoms with Crippen LogP contribution in [0.4, 0.5) is 10.5 Å². The highest BCUT2D eigenvalue weighted by atomic mass is 16.2. The van der Waals surface area contributed by atoms with Crippen molar-refractivity contribution in [2.24, 2.45) is 5.41 Å². The second-order valence-electron chi connectivity index (χ2n) is 8.08. The lowest BCUT2D eigenvalue weighted by molar-refractivity contribution is -0.133. The van der Waals surface area contributed by atoms with Gasteiger partial charge in [0.1, 0.15) is 0 Å². The molecule has 0 saturated carbocycles. The van der Waals surface area contributed by atoms with Gasteiger partial charge in [0, 0.05) is 44.3 Å². The summed E-state index contributed by atoms with van der Waals surface area (Å²) in [6.45, 7) is 7.03. The van der Waals surface area contributed by atoms with Gasteiger partial charge in [0.15, 0.2) is 0 Å². The van der Waals surface area contributed by atoms with Gasteiger partial charge in [0.05, 0.1) is 5.41 Å². The number of carbonyl (C=O) groups excluding carboxylic acids is 3. The molecule has 2 N–H and O–H groups in total. The van der Waals surface area contributed by atoms with Crippen LogP contribution in [-0.4, -0.2) is 59.4 Å². The van der Waals surface area contributed by atoms with Gasteiger partial charge in [-0.15, -0.1) is 0 Å². The van der Waals surface area contributed by atoms with Gasteiger partial charge in [0.25, 0.3) is 0 Å². The van der Waals surface area contributed by atoms with Crippen molar-refractivity contribution in [2.75, 3.05) is 25.0 Å². The van der Waals surface area contributed by atoms with Crippen LogP contribution in [0.15, 0.2) is 30.3 Å². The van der Waals surface area contributed by atoms with Crippen molar-refractivity contribution in [1.29, 1.82) is 0 Å². The lowest BCUT2D eigenvalue weighted by Crippen LogP contribution is -2.48. The van der Waals surface area contributed by atoms with Crippen LogP contribution in [-0.2, 0) is 9.59 Å². The molecule has 1 aromatic carbocycles. The maximum Gasteiger partial charge on any atom is 0.317 e. The zero-order valence-corrected chi connectivity index (χ0v) is 16.9. The molecule has 2 aliphatic rings. The van der Waals surface area contributed by atoms with Crippen molar-refractivity contribution in [1.82, 2.24) is 15.1 Å². The molecule has 2 heterocycles.